The fourth-order valence-corrected chi connectivity index (χ4v) is 2.56. The van der Waals surface area contributed by atoms with E-state index < -0.39 is 0 Å². The molecule has 3 aromatic rings. The number of carbonyl (C=O) groups excluding carboxylic acids is 1. The number of aromatic amines is 1. The molecule has 0 aliphatic heterocycles. The van der Waals surface area contributed by atoms with E-state index in [4.69, 9.17) is 0 Å². The van der Waals surface area contributed by atoms with E-state index in [-0.39, 0.29) is 11.7 Å². The molecule has 1 aromatic carbocycles. The first-order valence-corrected chi connectivity index (χ1v) is 7.92. The number of nitrogens with zero attached hydrogens (tertiary/aromatic N) is 3. The predicted octanol–water partition coefficient (Wildman–Crippen LogP) is 2.26. The summed E-state index contributed by atoms with van der Waals surface area (Å²) in [6.07, 6.45) is 2.61. The number of nitrogens with one attached hydrogen (secondary N) is 2. The standard InChI is InChI=1S/C17H20FN5O/c1-11-12(2)23(10-20-11)8-7-19-17(24)6-5-16-21-14-4-3-13(18)9-15(14)22-16/h3-4,9-10H,5-8H2,1-2H3,(H,19,24)(H,21,22). The predicted molar refractivity (Wildman–Crippen MR) is 89.1 cm³/mol. The summed E-state index contributed by atoms with van der Waals surface area (Å²) in [5, 5.41) is 2.89. The number of hydrogen-bond donors (Lipinski definition) is 2. The summed E-state index contributed by atoms with van der Waals surface area (Å²) in [5.74, 6) is 0.350. The van der Waals surface area contributed by atoms with Gasteiger partial charge < -0.3 is 14.9 Å². The van der Waals surface area contributed by atoms with Gasteiger partial charge in [0.2, 0.25) is 5.91 Å². The normalized spacial score (nSPS) is 11.1. The maximum absolute atomic E-state index is 13.2. The zero-order valence-corrected chi connectivity index (χ0v) is 13.8. The van der Waals surface area contributed by atoms with Crippen LogP contribution < -0.4 is 5.32 Å². The molecule has 0 saturated carbocycles. The minimum absolute atomic E-state index is 0.0314. The molecule has 0 radical (unpaired) electrons. The summed E-state index contributed by atoms with van der Waals surface area (Å²) >= 11 is 0. The van der Waals surface area contributed by atoms with Crippen LogP contribution in [0.3, 0.4) is 0 Å². The molecule has 0 atom stereocenters. The monoisotopic (exact) mass is 329 g/mol. The van der Waals surface area contributed by atoms with Crippen molar-refractivity contribution in [3.05, 3.63) is 47.6 Å². The van der Waals surface area contributed by atoms with Crippen molar-refractivity contribution in [3.8, 4) is 0 Å². The largest absolute Gasteiger partial charge is 0.354 e. The average Bonchev–Trinajstić information content (AvgIpc) is 3.10. The molecule has 0 fully saturated rings. The van der Waals surface area contributed by atoms with E-state index in [0.29, 0.717) is 42.8 Å². The van der Waals surface area contributed by atoms with Crippen LogP contribution in [0, 0.1) is 19.7 Å². The molecule has 126 valence electrons. The smallest absolute Gasteiger partial charge is 0.220 e. The van der Waals surface area contributed by atoms with Gasteiger partial charge in [0, 0.05) is 31.6 Å². The van der Waals surface area contributed by atoms with E-state index in [2.05, 4.69) is 20.3 Å². The minimum Gasteiger partial charge on any atom is -0.354 e. The lowest BCUT2D eigenvalue weighted by atomic mass is 10.3. The maximum atomic E-state index is 13.2. The second-order valence-corrected chi connectivity index (χ2v) is 5.80. The van der Waals surface area contributed by atoms with Crippen molar-refractivity contribution in [2.24, 2.45) is 0 Å². The minimum atomic E-state index is -0.305. The van der Waals surface area contributed by atoms with Gasteiger partial charge in [-0.05, 0) is 32.0 Å². The van der Waals surface area contributed by atoms with Crippen molar-refractivity contribution < 1.29 is 9.18 Å². The molecule has 7 heteroatoms. The Kier molecular flexibility index (Phi) is 4.59. The van der Waals surface area contributed by atoms with Crippen LogP contribution in [-0.2, 0) is 17.8 Å². The first kappa shape index (κ1) is 16.2. The number of carbonyl (C=O) groups is 1. The molecule has 0 aliphatic carbocycles. The number of fused-ring (bicyclic) bond motifs is 1. The van der Waals surface area contributed by atoms with Gasteiger partial charge in [0.1, 0.15) is 11.6 Å². The zero-order chi connectivity index (χ0) is 17.1. The van der Waals surface area contributed by atoms with Gasteiger partial charge in [0.25, 0.3) is 0 Å². The first-order chi connectivity index (χ1) is 11.5. The van der Waals surface area contributed by atoms with Crippen LogP contribution in [0.1, 0.15) is 23.6 Å². The summed E-state index contributed by atoms with van der Waals surface area (Å²) in [5.41, 5.74) is 3.47. The number of benzene rings is 1. The SMILES string of the molecule is Cc1ncn(CCNC(=O)CCc2nc3ccc(F)cc3[nH]2)c1C. The van der Waals surface area contributed by atoms with E-state index in [0.717, 1.165) is 11.4 Å². The zero-order valence-electron chi connectivity index (χ0n) is 13.8. The molecular formula is C17H20FN5O. The average molecular weight is 329 g/mol. The van der Waals surface area contributed by atoms with Crippen LogP contribution in [0.5, 0.6) is 0 Å². The van der Waals surface area contributed by atoms with Crippen molar-refractivity contribution in [1.82, 2.24) is 24.8 Å². The summed E-state index contributed by atoms with van der Waals surface area (Å²) in [7, 11) is 0. The van der Waals surface area contributed by atoms with Crippen LogP contribution in [-0.4, -0.2) is 32.0 Å². The van der Waals surface area contributed by atoms with Gasteiger partial charge in [-0.1, -0.05) is 0 Å². The Morgan fingerprint density at radius 1 is 1.38 bits per heavy atom. The highest BCUT2D eigenvalue weighted by atomic mass is 19.1. The lowest BCUT2D eigenvalue weighted by Crippen LogP contribution is -2.27. The molecule has 6 nitrogen and oxygen atoms in total. The fraction of sp³-hybridized carbons (Fsp3) is 0.353. The molecule has 0 aliphatic rings. The van der Waals surface area contributed by atoms with Gasteiger partial charge in [-0.3, -0.25) is 4.79 Å². The van der Waals surface area contributed by atoms with Gasteiger partial charge in [0.15, 0.2) is 0 Å². The third-order valence-electron chi connectivity index (χ3n) is 4.10. The lowest BCUT2D eigenvalue weighted by molar-refractivity contribution is -0.121. The van der Waals surface area contributed by atoms with E-state index in [1.54, 1.807) is 12.4 Å². The molecule has 1 amide bonds. The summed E-state index contributed by atoms with van der Waals surface area (Å²) in [4.78, 5) is 23.6. The molecule has 2 aromatic heterocycles. The fourth-order valence-electron chi connectivity index (χ4n) is 2.56. The summed E-state index contributed by atoms with van der Waals surface area (Å²) < 4.78 is 15.2. The van der Waals surface area contributed by atoms with Crippen molar-refractivity contribution in [2.75, 3.05) is 6.54 Å². The molecule has 24 heavy (non-hydrogen) atoms. The van der Waals surface area contributed by atoms with E-state index >= 15 is 0 Å². The molecule has 2 heterocycles. The number of aromatic nitrogens is 4. The number of rotatable bonds is 6. The summed E-state index contributed by atoms with van der Waals surface area (Å²) in [6, 6.07) is 4.40. The van der Waals surface area contributed by atoms with E-state index in [9.17, 15) is 9.18 Å². The van der Waals surface area contributed by atoms with Crippen LogP contribution in [0.15, 0.2) is 24.5 Å². The van der Waals surface area contributed by atoms with Crippen molar-refractivity contribution >= 4 is 16.9 Å². The molecule has 0 saturated heterocycles. The van der Waals surface area contributed by atoms with Crippen molar-refractivity contribution in [2.45, 2.75) is 33.2 Å². The van der Waals surface area contributed by atoms with Gasteiger partial charge >= 0.3 is 0 Å². The van der Waals surface area contributed by atoms with E-state index in [1.165, 1.54) is 12.1 Å². The van der Waals surface area contributed by atoms with Gasteiger partial charge in [-0.2, -0.15) is 0 Å². The third-order valence-corrected chi connectivity index (χ3v) is 4.10. The number of aryl methyl sites for hydroxylation is 2. The Morgan fingerprint density at radius 2 is 2.21 bits per heavy atom. The number of imidazole rings is 2. The van der Waals surface area contributed by atoms with E-state index in [1.807, 2.05) is 18.4 Å². The molecule has 3 rings (SSSR count). The quantitative estimate of drug-likeness (QED) is 0.728. The maximum Gasteiger partial charge on any atom is 0.220 e. The molecule has 0 spiro atoms. The van der Waals surface area contributed by atoms with Gasteiger partial charge in [-0.15, -0.1) is 0 Å². The Hall–Kier alpha value is -2.70. The Labute approximate surface area is 139 Å². The van der Waals surface area contributed by atoms with Gasteiger partial charge in [0.05, 0.1) is 23.1 Å². The summed E-state index contributed by atoms with van der Waals surface area (Å²) in [6.45, 7) is 5.22. The van der Waals surface area contributed by atoms with Crippen LogP contribution >= 0.6 is 0 Å². The van der Waals surface area contributed by atoms with Crippen LogP contribution in [0.2, 0.25) is 0 Å². The molecule has 0 unspecified atom stereocenters. The second kappa shape index (κ2) is 6.82. The number of amides is 1. The lowest BCUT2D eigenvalue weighted by Gasteiger charge is -2.07. The molecule has 2 N–H and O–H groups in total. The van der Waals surface area contributed by atoms with Gasteiger partial charge in [-0.25, -0.2) is 14.4 Å². The molecular weight excluding hydrogens is 309 g/mol. The Bertz CT molecular complexity index is 867. The highest BCUT2D eigenvalue weighted by molar-refractivity contribution is 5.77. The Morgan fingerprint density at radius 3 is 2.96 bits per heavy atom. The van der Waals surface area contributed by atoms with Crippen LogP contribution in [0.4, 0.5) is 4.39 Å². The highest BCUT2D eigenvalue weighted by Gasteiger charge is 2.07. The molecule has 0 bridgehead atoms. The van der Waals surface area contributed by atoms with Crippen LogP contribution in [0.25, 0.3) is 11.0 Å². The topological polar surface area (TPSA) is 75.6 Å². The number of H-pyrrole nitrogens is 1. The number of halogens is 1. The van der Waals surface area contributed by atoms with Crippen molar-refractivity contribution in [1.29, 1.82) is 0 Å². The third kappa shape index (κ3) is 3.61. The second-order valence-electron chi connectivity index (χ2n) is 5.80. The Balaban J connectivity index is 1.47. The first-order valence-electron chi connectivity index (χ1n) is 7.92. The highest BCUT2D eigenvalue weighted by Crippen LogP contribution is 2.13. The number of hydrogen-bond acceptors (Lipinski definition) is 3. The van der Waals surface area contributed by atoms with Crippen molar-refractivity contribution in [3.63, 3.8) is 0 Å².